The number of rotatable bonds is 5. The Morgan fingerprint density at radius 3 is 2.61 bits per heavy atom. The fourth-order valence-electron chi connectivity index (χ4n) is 1.96. The lowest BCUT2D eigenvalue weighted by Crippen LogP contribution is -2.22. The van der Waals surface area contributed by atoms with Gasteiger partial charge in [0.2, 0.25) is 0 Å². The molecule has 2 rings (SSSR count). The van der Waals surface area contributed by atoms with Crippen molar-refractivity contribution in [1.29, 1.82) is 0 Å². The summed E-state index contributed by atoms with van der Waals surface area (Å²) >= 11 is 0. The number of aryl methyl sites for hydroxylation is 1. The molecule has 0 aliphatic heterocycles. The Morgan fingerprint density at radius 1 is 1.44 bits per heavy atom. The van der Waals surface area contributed by atoms with Crippen LogP contribution in [0.5, 0.6) is 11.5 Å². The molecular formula is C13H17F2NO2. The SMILES string of the molecule is COc1cc(CCC2(N)CC2)c(O)c(C(F)F)c1. The molecule has 0 aromatic heterocycles. The quantitative estimate of drug-likeness (QED) is 0.852. The van der Waals surface area contributed by atoms with Crippen molar-refractivity contribution in [2.24, 2.45) is 5.73 Å². The average molecular weight is 257 g/mol. The van der Waals surface area contributed by atoms with Gasteiger partial charge in [-0.2, -0.15) is 0 Å². The van der Waals surface area contributed by atoms with Gasteiger partial charge in [0.15, 0.2) is 0 Å². The molecule has 0 spiro atoms. The molecule has 100 valence electrons. The Hall–Kier alpha value is -1.36. The standard InChI is InChI=1S/C13H17F2NO2/c1-18-9-6-8(2-3-13(16)4-5-13)11(17)10(7-9)12(14)15/h6-7,12,17H,2-5,16H2,1H3. The van der Waals surface area contributed by atoms with Crippen molar-refractivity contribution in [1.82, 2.24) is 0 Å². The number of phenols is 1. The van der Waals surface area contributed by atoms with Crippen LogP contribution in [0.25, 0.3) is 0 Å². The number of benzene rings is 1. The molecule has 0 heterocycles. The highest BCUT2D eigenvalue weighted by Crippen LogP contribution is 2.40. The predicted octanol–water partition coefficient (Wildman–Crippen LogP) is 2.76. The number of methoxy groups -OCH3 is 1. The molecule has 0 unspecified atom stereocenters. The van der Waals surface area contributed by atoms with E-state index in [1.807, 2.05) is 0 Å². The second kappa shape index (κ2) is 4.72. The Labute approximate surface area is 105 Å². The van der Waals surface area contributed by atoms with Crippen molar-refractivity contribution in [3.8, 4) is 11.5 Å². The van der Waals surface area contributed by atoms with E-state index in [1.54, 1.807) is 6.07 Å². The normalized spacial score (nSPS) is 16.9. The smallest absolute Gasteiger partial charge is 0.267 e. The molecule has 5 heteroatoms. The lowest BCUT2D eigenvalue weighted by atomic mass is 10.0. The van der Waals surface area contributed by atoms with Crippen LogP contribution >= 0.6 is 0 Å². The summed E-state index contributed by atoms with van der Waals surface area (Å²) in [6, 6.07) is 2.76. The van der Waals surface area contributed by atoms with Crippen molar-refractivity contribution in [3.63, 3.8) is 0 Å². The lowest BCUT2D eigenvalue weighted by Gasteiger charge is -2.14. The van der Waals surface area contributed by atoms with Crippen LogP contribution in [-0.2, 0) is 6.42 Å². The summed E-state index contributed by atoms with van der Waals surface area (Å²) in [5, 5.41) is 9.82. The Bertz CT molecular complexity index is 445. The topological polar surface area (TPSA) is 55.5 Å². The zero-order chi connectivity index (χ0) is 13.3. The molecule has 1 aliphatic rings. The third-order valence-corrected chi connectivity index (χ3v) is 3.45. The van der Waals surface area contributed by atoms with Crippen molar-refractivity contribution >= 4 is 0 Å². The van der Waals surface area contributed by atoms with Crippen LogP contribution in [0.4, 0.5) is 8.78 Å². The number of ether oxygens (including phenoxy) is 1. The van der Waals surface area contributed by atoms with Crippen LogP contribution in [0.2, 0.25) is 0 Å². The van der Waals surface area contributed by atoms with Crippen LogP contribution in [0.1, 0.15) is 36.8 Å². The first-order chi connectivity index (χ1) is 8.45. The van der Waals surface area contributed by atoms with Gasteiger partial charge in [0.05, 0.1) is 12.7 Å². The molecule has 1 aliphatic carbocycles. The molecule has 0 amide bonds. The second-order valence-corrected chi connectivity index (χ2v) is 4.89. The molecular weight excluding hydrogens is 240 g/mol. The zero-order valence-corrected chi connectivity index (χ0v) is 10.2. The Kier molecular flexibility index (Phi) is 3.43. The van der Waals surface area contributed by atoms with Crippen LogP contribution in [0, 0.1) is 0 Å². The van der Waals surface area contributed by atoms with Gasteiger partial charge in [-0.25, -0.2) is 8.78 Å². The minimum Gasteiger partial charge on any atom is -0.507 e. The highest BCUT2D eigenvalue weighted by molar-refractivity contribution is 5.47. The van der Waals surface area contributed by atoms with E-state index in [4.69, 9.17) is 10.5 Å². The van der Waals surface area contributed by atoms with Gasteiger partial charge in [-0.3, -0.25) is 0 Å². The summed E-state index contributed by atoms with van der Waals surface area (Å²) < 4.78 is 30.5. The molecule has 1 fully saturated rings. The van der Waals surface area contributed by atoms with Crippen molar-refractivity contribution in [2.45, 2.75) is 37.6 Å². The Morgan fingerprint density at radius 2 is 2.11 bits per heavy atom. The zero-order valence-electron chi connectivity index (χ0n) is 10.2. The van der Waals surface area contributed by atoms with Crippen LogP contribution < -0.4 is 10.5 Å². The summed E-state index contributed by atoms with van der Waals surface area (Å²) in [5.74, 6) is -0.00461. The van der Waals surface area contributed by atoms with E-state index in [0.29, 0.717) is 24.2 Å². The molecule has 3 N–H and O–H groups in total. The molecule has 1 aromatic rings. The third kappa shape index (κ3) is 2.72. The monoisotopic (exact) mass is 257 g/mol. The minimum absolute atomic E-state index is 0.166. The first-order valence-corrected chi connectivity index (χ1v) is 5.92. The van der Waals surface area contributed by atoms with E-state index in [0.717, 1.165) is 12.8 Å². The first-order valence-electron chi connectivity index (χ1n) is 5.92. The number of hydrogen-bond acceptors (Lipinski definition) is 3. The highest BCUT2D eigenvalue weighted by atomic mass is 19.3. The highest BCUT2D eigenvalue weighted by Gasteiger charge is 2.37. The average Bonchev–Trinajstić information content (AvgIpc) is 3.06. The molecule has 3 nitrogen and oxygen atoms in total. The van der Waals surface area contributed by atoms with Crippen LogP contribution in [0.15, 0.2) is 12.1 Å². The van der Waals surface area contributed by atoms with E-state index in [2.05, 4.69) is 0 Å². The van der Waals surface area contributed by atoms with Gasteiger partial charge in [0.1, 0.15) is 11.5 Å². The maximum Gasteiger partial charge on any atom is 0.267 e. The van der Waals surface area contributed by atoms with Gasteiger partial charge >= 0.3 is 0 Å². The van der Waals surface area contributed by atoms with Crippen molar-refractivity contribution in [2.75, 3.05) is 7.11 Å². The van der Waals surface area contributed by atoms with Gasteiger partial charge in [-0.1, -0.05) is 0 Å². The Balaban J connectivity index is 2.23. The summed E-state index contributed by atoms with van der Waals surface area (Å²) in [7, 11) is 1.41. The molecule has 0 radical (unpaired) electrons. The van der Waals surface area contributed by atoms with Crippen molar-refractivity contribution in [3.05, 3.63) is 23.3 Å². The summed E-state index contributed by atoms with van der Waals surface area (Å²) in [5.41, 5.74) is 5.88. The van der Waals surface area contributed by atoms with E-state index in [9.17, 15) is 13.9 Å². The number of nitrogens with two attached hydrogens (primary N) is 1. The van der Waals surface area contributed by atoms with Gasteiger partial charge < -0.3 is 15.6 Å². The van der Waals surface area contributed by atoms with Crippen LogP contribution in [-0.4, -0.2) is 17.8 Å². The van der Waals surface area contributed by atoms with Gasteiger partial charge in [-0.15, -0.1) is 0 Å². The number of alkyl halides is 2. The molecule has 0 saturated heterocycles. The fourth-order valence-corrected chi connectivity index (χ4v) is 1.96. The second-order valence-electron chi connectivity index (χ2n) is 4.89. The fraction of sp³-hybridized carbons (Fsp3) is 0.538. The molecule has 0 atom stereocenters. The number of aromatic hydroxyl groups is 1. The van der Waals surface area contributed by atoms with E-state index >= 15 is 0 Å². The number of phenolic OH excluding ortho intramolecular Hbond substituents is 1. The van der Waals surface area contributed by atoms with Gasteiger partial charge in [0.25, 0.3) is 6.43 Å². The van der Waals surface area contributed by atoms with Crippen molar-refractivity contribution < 1.29 is 18.6 Å². The first kappa shape index (κ1) is 13.1. The van der Waals surface area contributed by atoms with E-state index < -0.39 is 6.43 Å². The maximum absolute atomic E-state index is 12.8. The predicted molar refractivity (Wildman–Crippen MR) is 64.1 cm³/mol. The van der Waals surface area contributed by atoms with Gasteiger partial charge in [0, 0.05) is 5.54 Å². The van der Waals surface area contributed by atoms with E-state index in [-0.39, 0.29) is 16.9 Å². The lowest BCUT2D eigenvalue weighted by molar-refractivity contribution is 0.147. The van der Waals surface area contributed by atoms with Gasteiger partial charge in [-0.05, 0) is 43.4 Å². The van der Waals surface area contributed by atoms with Crippen LogP contribution in [0.3, 0.4) is 0 Å². The maximum atomic E-state index is 12.8. The third-order valence-electron chi connectivity index (χ3n) is 3.45. The number of halogens is 2. The summed E-state index contributed by atoms with van der Waals surface area (Å²) in [6.07, 6.45) is 0.376. The number of hydrogen-bond donors (Lipinski definition) is 2. The largest absolute Gasteiger partial charge is 0.507 e. The summed E-state index contributed by atoms with van der Waals surface area (Å²) in [4.78, 5) is 0. The minimum atomic E-state index is -2.72. The molecule has 1 saturated carbocycles. The molecule has 1 aromatic carbocycles. The van der Waals surface area contributed by atoms with E-state index in [1.165, 1.54) is 13.2 Å². The molecule has 0 bridgehead atoms. The molecule has 18 heavy (non-hydrogen) atoms. The summed E-state index contributed by atoms with van der Waals surface area (Å²) in [6.45, 7) is 0.